The molecule has 0 fully saturated rings. The van der Waals surface area contributed by atoms with Crippen molar-refractivity contribution in [2.45, 2.75) is 13.8 Å². The Labute approximate surface area is 150 Å². The topological polar surface area (TPSA) is 67.5 Å². The van der Waals surface area contributed by atoms with Gasteiger partial charge in [-0.25, -0.2) is 4.99 Å². The Hall–Kier alpha value is -2.92. The van der Waals surface area contributed by atoms with Crippen molar-refractivity contribution in [3.63, 3.8) is 0 Å². The third kappa shape index (κ3) is 3.95. The summed E-state index contributed by atoms with van der Waals surface area (Å²) in [7, 11) is 0. The fourth-order valence-corrected chi connectivity index (χ4v) is 2.42. The van der Waals surface area contributed by atoms with E-state index in [9.17, 15) is 4.79 Å². The maximum absolute atomic E-state index is 12.6. The summed E-state index contributed by atoms with van der Waals surface area (Å²) in [4.78, 5) is 16.9. The Kier molecular flexibility index (Phi) is 4.95. The average Bonchev–Trinajstić information content (AvgIpc) is 2.97. The molecule has 0 saturated carbocycles. The smallest absolute Gasteiger partial charge is 0.263 e. The first kappa shape index (κ1) is 16.9. The van der Waals surface area contributed by atoms with Gasteiger partial charge in [-0.2, -0.15) is 0 Å². The zero-order valence-electron chi connectivity index (χ0n) is 13.8. The van der Waals surface area contributed by atoms with Gasteiger partial charge in [-0.3, -0.25) is 4.79 Å². The van der Waals surface area contributed by atoms with Crippen LogP contribution < -0.4 is 5.32 Å². The molecule has 1 N–H and O–H groups in total. The van der Waals surface area contributed by atoms with E-state index in [4.69, 9.17) is 16.1 Å². The lowest BCUT2D eigenvalue weighted by molar-refractivity contribution is 0.102. The lowest BCUT2D eigenvalue weighted by Crippen LogP contribution is -2.12. The third-order valence-corrected chi connectivity index (χ3v) is 3.94. The average molecular weight is 354 g/mol. The number of carbonyl (C=O) groups excluding carboxylic acids is 1. The number of hydrogen-bond acceptors (Lipinski definition) is 4. The molecule has 0 saturated heterocycles. The van der Waals surface area contributed by atoms with Crippen molar-refractivity contribution in [2.75, 3.05) is 5.32 Å². The van der Waals surface area contributed by atoms with Crippen LogP contribution in [0.15, 0.2) is 58.0 Å². The first-order valence-electron chi connectivity index (χ1n) is 7.67. The summed E-state index contributed by atoms with van der Waals surface area (Å²) in [5.74, 6) is -0.162. The van der Waals surface area contributed by atoms with Gasteiger partial charge in [0.05, 0.1) is 5.69 Å². The fourth-order valence-electron chi connectivity index (χ4n) is 2.29. The van der Waals surface area contributed by atoms with E-state index in [2.05, 4.69) is 15.5 Å². The van der Waals surface area contributed by atoms with E-state index < -0.39 is 0 Å². The number of aliphatic imine (C=N–C) groups is 1. The van der Waals surface area contributed by atoms with Gasteiger partial charge in [-0.1, -0.05) is 41.0 Å². The van der Waals surface area contributed by atoms with E-state index in [1.54, 1.807) is 37.4 Å². The highest BCUT2D eigenvalue weighted by molar-refractivity contribution is 6.30. The van der Waals surface area contributed by atoms with Gasteiger partial charge in [0.15, 0.2) is 0 Å². The van der Waals surface area contributed by atoms with Gasteiger partial charge in [-0.05, 0) is 49.2 Å². The second-order valence-electron chi connectivity index (χ2n) is 5.52. The fraction of sp³-hybridized carbons (Fsp3) is 0.105. The summed E-state index contributed by atoms with van der Waals surface area (Å²) in [6, 6.07) is 14.7. The minimum Gasteiger partial charge on any atom is -0.335 e. The Balaban J connectivity index is 1.85. The zero-order valence-corrected chi connectivity index (χ0v) is 14.5. The van der Waals surface area contributed by atoms with E-state index in [1.807, 2.05) is 31.2 Å². The van der Waals surface area contributed by atoms with Gasteiger partial charge in [-0.15, -0.1) is 0 Å². The van der Waals surface area contributed by atoms with Crippen LogP contribution in [0, 0.1) is 13.8 Å². The number of aryl methyl sites for hydroxylation is 2. The minimum absolute atomic E-state index is 0.173. The van der Waals surface area contributed by atoms with Gasteiger partial charge in [0, 0.05) is 16.9 Å². The van der Waals surface area contributed by atoms with Crippen LogP contribution in [-0.4, -0.2) is 17.3 Å². The summed E-state index contributed by atoms with van der Waals surface area (Å²) < 4.78 is 5.21. The van der Waals surface area contributed by atoms with Crippen molar-refractivity contribution < 1.29 is 9.32 Å². The summed E-state index contributed by atoms with van der Waals surface area (Å²) in [5, 5.41) is 7.25. The van der Waals surface area contributed by atoms with Crippen molar-refractivity contribution in [3.05, 3.63) is 75.9 Å². The molecule has 3 aromatic rings. The maximum atomic E-state index is 12.6. The first-order valence-corrected chi connectivity index (χ1v) is 8.05. The summed E-state index contributed by atoms with van der Waals surface area (Å²) in [5.41, 5.74) is 3.43. The number of aromatic nitrogens is 1. The molecule has 0 bridgehead atoms. The van der Waals surface area contributed by atoms with Crippen LogP contribution >= 0.6 is 11.6 Å². The summed E-state index contributed by atoms with van der Waals surface area (Å²) in [6.45, 7) is 3.69. The van der Waals surface area contributed by atoms with E-state index in [-0.39, 0.29) is 11.8 Å². The quantitative estimate of drug-likeness (QED) is 0.675. The maximum Gasteiger partial charge on any atom is 0.263 e. The molecule has 0 atom stereocenters. The summed E-state index contributed by atoms with van der Waals surface area (Å²) in [6.07, 6.45) is 1.66. The molecule has 1 amide bonds. The first-order chi connectivity index (χ1) is 12.0. The number of carbonyl (C=O) groups is 1. The van der Waals surface area contributed by atoms with Gasteiger partial charge in [0.1, 0.15) is 5.56 Å². The zero-order chi connectivity index (χ0) is 17.8. The molecule has 25 heavy (non-hydrogen) atoms. The Morgan fingerprint density at radius 1 is 1.16 bits per heavy atom. The van der Waals surface area contributed by atoms with E-state index in [0.29, 0.717) is 22.0 Å². The number of hydrogen-bond donors (Lipinski definition) is 1. The lowest BCUT2D eigenvalue weighted by atomic mass is 10.1. The monoisotopic (exact) mass is 353 g/mol. The van der Waals surface area contributed by atoms with Crippen LogP contribution in [0.4, 0.5) is 11.6 Å². The Bertz CT molecular complexity index is 930. The molecule has 0 aliphatic heterocycles. The van der Waals surface area contributed by atoms with Crippen molar-refractivity contribution in [1.29, 1.82) is 0 Å². The molecule has 1 aromatic heterocycles. The van der Waals surface area contributed by atoms with Crippen LogP contribution in [0.2, 0.25) is 5.02 Å². The highest BCUT2D eigenvalue weighted by Crippen LogP contribution is 2.24. The van der Waals surface area contributed by atoms with Gasteiger partial charge in [0.25, 0.3) is 11.8 Å². The second kappa shape index (κ2) is 7.32. The molecule has 6 heteroatoms. The van der Waals surface area contributed by atoms with Crippen molar-refractivity contribution in [2.24, 2.45) is 4.99 Å². The normalized spacial score (nSPS) is 11.0. The highest BCUT2D eigenvalue weighted by Gasteiger charge is 2.20. The molecule has 0 spiro atoms. The molecule has 3 rings (SSSR count). The highest BCUT2D eigenvalue weighted by atomic mass is 35.5. The lowest BCUT2D eigenvalue weighted by Gasteiger charge is -2.04. The van der Waals surface area contributed by atoms with Crippen LogP contribution in [0.25, 0.3) is 0 Å². The number of benzene rings is 2. The molecule has 126 valence electrons. The molecule has 2 aromatic carbocycles. The standard InChI is InChI=1S/C19H16ClN3O2/c1-12-5-3-4-6-14(12)11-21-19-17(13(2)23-25-19)18(24)22-16-9-7-15(20)8-10-16/h3-11H,1-2H3,(H,22,24)/b21-11+. The molecule has 0 unspecified atom stereocenters. The largest absolute Gasteiger partial charge is 0.335 e. The number of amides is 1. The van der Waals surface area contributed by atoms with Crippen LogP contribution in [0.5, 0.6) is 0 Å². The van der Waals surface area contributed by atoms with Crippen LogP contribution in [-0.2, 0) is 0 Å². The SMILES string of the molecule is Cc1ccccc1/C=N/c1onc(C)c1C(=O)Nc1ccc(Cl)cc1. The minimum atomic E-state index is -0.335. The van der Waals surface area contributed by atoms with Crippen LogP contribution in [0.1, 0.15) is 27.2 Å². The number of anilines is 1. The third-order valence-electron chi connectivity index (χ3n) is 3.68. The Morgan fingerprint density at radius 3 is 2.60 bits per heavy atom. The molecule has 5 nitrogen and oxygen atoms in total. The Morgan fingerprint density at radius 2 is 1.88 bits per heavy atom. The number of rotatable bonds is 4. The second-order valence-corrected chi connectivity index (χ2v) is 5.96. The number of halogens is 1. The summed E-state index contributed by atoms with van der Waals surface area (Å²) >= 11 is 5.85. The predicted octanol–water partition coefficient (Wildman–Crippen LogP) is 4.95. The van der Waals surface area contributed by atoms with Crippen molar-refractivity contribution in [3.8, 4) is 0 Å². The van der Waals surface area contributed by atoms with E-state index in [1.165, 1.54) is 0 Å². The predicted molar refractivity (Wildman–Crippen MR) is 99.1 cm³/mol. The van der Waals surface area contributed by atoms with Crippen molar-refractivity contribution in [1.82, 2.24) is 5.16 Å². The molecule has 0 aliphatic rings. The van der Waals surface area contributed by atoms with Crippen molar-refractivity contribution >= 4 is 35.3 Å². The number of nitrogens with zero attached hydrogens (tertiary/aromatic N) is 2. The molecule has 0 aliphatic carbocycles. The molecule has 0 radical (unpaired) electrons. The van der Waals surface area contributed by atoms with Gasteiger partial charge >= 0.3 is 0 Å². The molecular formula is C19H16ClN3O2. The number of nitrogens with one attached hydrogen (secondary N) is 1. The van der Waals surface area contributed by atoms with E-state index in [0.717, 1.165) is 11.1 Å². The molecule has 1 heterocycles. The molecular weight excluding hydrogens is 338 g/mol. The van der Waals surface area contributed by atoms with Gasteiger partial charge < -0.3 is 9.84 Å². The van der Waals surface area contributed by atoms with Crippen LogP contribution in [0.3, 0.4) is 0 Å². The van der Waals surface area contributed by atoms with Gasteiger partial charge in [0.2, 0.25) is 0 Å². The van der Waals surface area contributed by atoms with E-state index >= 15 is 0 Å².